The molecule has 0 unspecified atom stereocenters. The highest BCUT2D eigenvalue weighted by molar-refractivity contribution is 5.93. The lowest BCUT2D eigenvalue weighted by molar-refractivity contribution is -0.145. The van der Waals surface area contributed by atoms with Crippen molar-refractivity contribution in [1.82, 2.24) is 4.90 Å². The number of carboxylic acids is 1. The van der Waals surface area contributed by atoms with Crippen molar-refractivity contribution in [1.29, 1.82) is 0 Å². The number of rotatable bonds is 5. The lowest BCUT2D eigenvalue weighted by Gasteiger charge is -2.36. The van der Waals surface area contributed by atoms with Gasteiger partial charge in [0.2, 0.25) is 5.91 Å². The van der Waals surface area contributed by atoms with E-state index in [-0.39, 0.29) is 17.6 Å². The molecule has 0 aliphatic carbocycles. The van der Waals surface area contributed by atoms with Crippen LogP contribution in [0.1, 0.15) is 20.3 Å². The minimum Gasteiger partial charge on any atom is -0.481 e. The predicted octanol–water partition coefficient (Wildman–Crippen LogP) is 2.44. The molecule has 5 nitrogen and oxygen atoms in total. The van der Waals surface area contributed by atoms with E-state index < -0.39 is 11.9 Å². The maximum atomic E-state index is 12.9. The summed E-state index contributed by atoms with van der Waals surface area (Å²) >= 11 is 0. The van der Waals surface area contributed by atoms with Crippen molar-refractivity contribution >= 4 is 17.6 Å². The quantitative estimate of drug-likeness (QED) is 0.873. The Labute approximate surface area is 135 Å². The van der Waals surface area contributed by atoms with Crippen LogP contribution in [0, 0.1) is 23.6 Å². The van der Waals surface area contributed by atoms with Gasteiger partial charge in [-0.15, -0.1) is 0 Å². The average molecular weight is 322 g/mol. The smallest absolute Gasteiger partial charge is 0.307 e. The average Bonchev–Trinajstić information content (AvgIpc) is 2.48. The van der Waals surface area contributed by atoms with E-state index in [9.17, 15) is 19.1 Å². The lowest BCUT2D eigenvalue weighted by atomic mass is 9.88. The summed E-state index contributed by atoms with van der Waals surface area (Å²) in [6.07, 6.45) is 0.330. The maximum Gasteiger partial charge on any atom is 0.307 e. The molecule has 1 heterocycles. The Morgan fingerprint density at radius 2 is 1.87 bits per heavy atom. The van der Waals surface area contributed by atoms with Gasteiger partial charge in [0, 0.05) is 25.3 Å². The number of hydrogen-bond donors (Lipinski definition) is 2. The van der Waals surface area contributed by atoms with E-state index in [0.29, 0.717) is 31.1 Å². The van der Waals surface area contributed by atoms with Gasteiger partial charge in [-0.25, -0.2) is 4.39 Å². The van der Waals surface area contributed by atoms with Crippen molar-refractivity contribution < 1.29 is 19.1 Å². The Morgan fingerprint density at radius 1 is 1.26 bits per heavy atom. The van der Waals surface area contributed by atoms with E-state index in [4.69, 9.17) is 0 Å². The number of nitrogens with one attached hydrogen (secondary N) is 1. The van der Waals surface area contributed by atoms with Gasteiger partial charge in [-0.2, -0.15) is 0 Å². The number of hydrogen-bond acceptors (Lipinski definition) is 3. The van der Waals surface area contributed by atoms with Crippen LogP contribution < -0.4 is 5.32 Å². The van der Waals surface area contributed by atoms with Gasteiger partial charge in [-0.05, 0) is 36.6 Å². The Morgan fingerprint density at radius 3 is 2.43 bits per heavy atom. The van der Waals surface area contributed by atoms with Crippen molar-refractivity contribution in [3.8, 4) is 0 Å². The molecular formula is C17H23FN2O3. The highest BCUT2D eigenvalue weighted by Gasteiger charge is 2.35. The molecule has 1 aliphatic heterocycles. The third kappa shape index (κ3) is 5.03. The van der Waals surface area contributed by atoms with E-state index in [0.717, 1.165) is 6.54 Å². The molecule has 0 radical (unpaired) electrons. The number of amides is 1. The van der Waals surface area contributed by atoms with Gasteiger partial charge >= 0.3 is 5.97 Å². The van der Waals surface area contributed by atoms with Crippen LogP contribution in [0.3, 0.4) is 0 Å². The van der Waals surface area contributed by atoms with Gasteiger partial charge in [-0.3, -0.25) is 9.59 Å². The zero-order valence-electron chi connectivity index (χ0n) is 13.5. The van der Waals surface area contributed by atoms with Crippen molar-refractivity contribution in [3.63, 3.8) is 0 Å². The largest absolute Gasteiger partial charge is 0.481 e. The molecule has 2 atom stereocenters. The topological polar surface area (TPSA) is 69.6 Å². The zero-order valence-corrected chi connectivity index (χ0v) is 13.5. The van der Waals surface area contributed by atoms with Crippen molar-refractivity contribution in [3.05, 3.63) is 30.1 Å². The first-order valence-corrected chi connectivity index (χ1v) is 7.86. The first-order chi connectivity index (χ1) is 10.8. The number of carbonyl (C=O) groups is 2. The Kier molecular flexibility index (Phi) is 5.71. The second-order valence-electron chi connectivity index (χ2n) is 6.58. The number of likely N-dealkylation sites (tertiary alicyclic amines) is 1. The molecule has 0 spiro atoms. The Bertz CT molecular complexity index is 559. The normalized spacial score (nSPS) is 22.1. The number of carboxylic acid groups (broad SMARTS) is 1. The monoisotopic (exact) mass is 322 g/mol. The number of aliphatic carboxylic acids is 1. The van der Waals surface area contributed by atoms with Gasteiger partial charge in [-0.1, -0.05) is 13.8 Å². The molecule has 1 amide bonds. The van der Waals surface area contributed by atoms with Gasteiger partial charge in [0.15, 0.2) is 0 Å². The molecule has 126 valence electrons. The van der Waals surface area contributed by atoms with Crippen LogP contribution in [0.25, 0.3) is 0 Å². The molecule has 1 saturated heterocycles. The molecule has 6 heteroatoms. The summed E-state index contributed by atoms with van der Waals surface area (Å²) in [5, 5.41) is 12.1. The van der Waals surface area contributed by atoms with E-state index in [2.05, 4.69) is 19.2 Å². The summed E-state index contributed by atoms with van der Waals surface area (Å²) in [6.45, 7) is 5.93. The van der Waals surface area contributed by atoms with Crippen molar-refractivity contribution in [2.75, 3.05) is 25.0 Å². The molecular weight excluding hydrogens is 299 g/mol. The molecule has 2 N–H and O–H groups in total. The fourth-order valence-corrected chi connectivity index (χ4v) is 3.00. The summed E-state index contributed by atoms with van der Waals surface area (Å²) in [5.41, 5.74) is 0.518. The first-order valence-electron chi connectivity index (χ1n) is 7.86. The molecule has 1 aromatic rings. The summed E-state index contributed by atoms with van der Waals surface area (Å²) in [6, 6.07) is 5.55. The Balaban J connectivity index is 2.04. The highest BCUT2D eigenvalue weighted by atomic mass is 19.1. The van der Waals surface area contributed by atoms with Crippen LogP contribution in [0.15, 0.2) is 24.3 Å². The summed E-state index contributed by atoms with van der Waals surface area (Å²) in [5.74, 6) is -1.95. The standard InChI is InChI=1S/C17H23FN2O3/c1-11(2)8-20-9-12(7-13(10-20)17(22)23)16(21)19-15-5-3-14(18)4-6-15/h3-6,11-13H,7-10H2,1-2H3,(H,19,21)(H,22,23)/t12-,13+/m1/s1. The van der Waals surface area contributed by atoms with Crippen LogP contribution in [0.5, 0.6) is 0 Å². The number of halogens is 1. The van der Waals surface area contributed by atoms with Gasteiger partial charge < -0.3 is 15.3 Å². The molecule has 0 saturated carbocycles. The van der Waals surface area contributed by atoms with Crippen molar-refractivity contribution in [2.24, 2.45) is 17.8 Å². The van der Waals surface area contributed by atoms with E-state index in [1.807, 2.05) is 4.90 Å². The fraction of sp³-hybridized carbons (Fsp3) is 0.529. The molecule has 1 aliphatic rings. The maximum absolute atomic E-state index is 12.9. The number of benzene rings is 1. The fourth-order valence-electron chi connectivity index (χ4n) is 3.00. The molecule has 23 heavy (non-hydrogen) atoms. The zero-order chi connectivity index (χ0) is 17.0. The van der Waals surface area contributed by atoms with Crippen molar-refractivity contribution in [2.45, 2.75) is 20.3 Å². The minimum absolute atomic E-state index is 0.212. The molecule has 1 fully saturated rings. The van der Waals surface area contributed by atoms with Crippen LogP contribution in [-0.2, 0) is 9.59 Å². The lowest BCUT2D eigenvalue weighted by Crippen LogP contribution is -2.47. The van der Waals surface area contributed by atoms with Gasteiger partial charge in [0.1, 0.15) is 5.82 Å². The number of nitrogens with zero attached hydrogens (tertiary/aromatic N) is 1. The van der Waals surface area contributed by atoms with Gasteiger partial charge in [0.05, 0.1) is 11.8 Å². The van der Waals surface area contributed by atoms with Crippen LogP contribution in [0.2, 0.25) is 0 Å². The molecule has 1 aromatic carbocycles. The molecule has 0 aromatic heterocycles. The van der Waals surface area contributed by atoms with E-state index in [1.54, 1.807) is 0 Å². The minimum atomic E-state index is -0.863. The summed E-state index contributed by atoms with van der Waals surface area (Å²) in [7, 11) is 0. The highest BCUT2D eigenvalue weighted by Crippen LogP contribution is 2.24. The van der Waals surface area contributed by atoms with E-state index in [1.165, 1.54) is 24.3 Å². The van der Waals surface area contributed by atoms with Crippen LogP contribution in [0.4, 0.5) is 10.1 Å². The summed E-state index contributed by atoms with van der Waals surface area (Å²) < 4.78 is 12.9. The second kappa shape index (κ2) is 7.55. The second-order valence-corrected chi connectivity index (χ2v) is 6.58. The molecule has 2 rings (SSSR count). The Hall–Kier alpha value is -1.95. The van der Waals surface area contributed by atoms with E-state index >= 15 is 0 Å². The number of piperidine rings is 1. The van der Waals surface area contributed by atoms with Gasteiger partial charge in [0.25, 0.3) is 0 Å². The predicted molar refractivity (Wildman–Crippen MR) is 85.5 cm³/mol. The molecule has 0 bridgehead atoms. The summed E-state index contributed by atoms with van der Waals surface area (Å²) in [4.78, 5) is 25.8. The number of carbonyl (C=O) groups excluding carboxylic acids is 1. The first kappa shape index (κ1) is 17.4. The third-order valence-corrected chi connectivity index (χ3v) is 3.98. The number of anilines is 1. The van der Waals surface area contributed by atoms with Crippen LogP contribution in [-0.4, -0.2) is 41.5 Å². The SMILES string of the molecule is CC(C)CN1C[C@@H](C(=O)O)C[C@@H](C(=O)Nc2ccc(F)cc2)C1. The van der Waals surface area contributed by atoms with Crippen LogP contribution >= 0.6 is 0 Å². The third-order valence-electron chi connectivity index (χ3n) is 3.98.